The average molecular weight is 242 g/mol. The predicted octanol–water partition coefficient (Wildman–Crippen LogP) is 1.81. The fourth-order valence-electron chi connectivity index (χ4n) is 0.806. The van der Waals surface area contributed by atoms with Crippen molar-refractivity contribution in [3.05, 3.63) is 21.9 Å². The molecule has 0 atom stereocenters. The number of esters is 1. The molecule has 0 fully saturated rings. The fourth-order valence-corrected chi connectivity index (χ4v) is 3.28. The molecule has 72 valence electrons. The monoisotopic (exact) mass is 242 g/mol. The summed E-state index contributed by atoms with van der Waals surface area (Å²) in [5.41, 5.74) is -0.373. The van der Waals surface area contributed by atoms with E-state index in [4.69, 9.17) is 4.74 Å². The van der Waals surface area contributed by atoms with E-state index in [2.05, 4.69) is 9.73 Å². The summed E-state index contributed by atoms with van der Waals surface area (Å²) in [7, 11) is 0. The Labute approximate surface area is 83.9 Å². The third-order valence-corrected chi connectivity index (χ3v) is 4.85. The molecule has 0 bridgehead atoms. The van der Waals surface area contributed by atoms with Gasteiger partial charge in [-0.2, -0.15) is 0 Å². The van der Waals surface area contributed by atoms with Gasteiger partial charge in [-0.05, 0) is 0 Å². The zero-order valence-electron chi connectivity index (χ0n) is 8.28. The molecule has 3 heteroatoms. The summed E-state index contributed by atoms with van der Waals surface area (Å²) in [5.74, 6) is -0.101. The van der Waals surface area contributed by atoms with E-state index in [9.17, 15) is 4.79 Å². The van der Waals surface area contributed by atoms with Gasteiger partial charge >= 0.3 is 83.6 Å². The van der Waals surface area contributed by atoms with E-state index >= 15 is 0 Å². The Morgan fingerprint density at radius 3 is 2.31 bits per heavy atom. The van der Waals surface area contributed by atoms with Crippen LogP contribution in [0.5, 0.6) is 0 Å². The molecule has 1 rings (SSSR count). The number of hydrogen-bond donors (Lipinski definition) is 0. The normalized spacial score (nSPS) is 16.5. The molecule has 1 aliphatic heterocycles. The third kappa shape index (κ3) is 3.39. The zero-order valence-corrected chi connectivity index (χ0v) is 10.2. The second kappa shape index (κ2) is 4.15. The van der Waals surface area contributed by atoms with E-state index in [1.165, 1.54) is 0 Å². The summed E-state index contributed by atoms with van der Waals surface area (Å²) in [5, 5.41) is 0.607. The number of rotatable bonds is 2. The Morgan fingerprint density at radius 2 is 1.85 bits per heavy atom. The number of allylic oxidation sites excluding steroid dienone is 2. The number of ether oxygens (including phenoxy) is 1. The Morgan fingerprint density at radius 1 is 1.31 bits per heavy atom. The van der Waals surface area contributed by atoms with Gasteiger partial charge in [0.1, 0.15) is 0 Å². The van der Waals surface area contributed by atoms with Crippen LogP contribution in [0.3, 0.4) is 0 Å². The summed E-state index contributed by atoms with van der Waals surface area (Å²) in [6, 6.07) is 0. The Hall–Kier alpha value is -0.492. The molecular formula is C10H15AsO2. The van der Waals surface area contributed by atoms with Crippen LogP contribution < -0.4 is 0 Å². The summed E-state index contributed by atoms with van der Waals surface area (Å²) >= 11 is -1.08. The fraction of sp³-hybridized carbons (Fsp3) is 0.500. The minimum absolute atomic E-state index is 0.101. The Kier molecular flexibility index (Phi) is 3.38. The Balaban J connectivity index is 2.30. The zero-order chi connectivity index (χ0) is 9.90. The van der Waals surface area contributed by atoms with Gasteiger partial charge in [0.2, 0.25) is 0 Å². The maximum absolute atomic E-state index is 11.4. The van der Waals surface area contributed by atoms with E-state index in [0.717, 1.165) is 0 Å². The van der Waals surface area contributed by atoms with Crippen LogP contribution >= 0.6 is 0 Å². The molecular weight excluding hydrogens is 227 g/mol. The van der Waals surface area contributed by atoms with Crippen molar-refractivity contribution in [3.8, 4) is 0 Å². The quantitative estimate of drug-likeness (QED) is 0.545. The van der Waals surface area contributed by atoms with E-state index in [-0.39, 0.29) is 11.4 Å². The molecule has 0 saturated carbocycles. The number of hydrogen-bond acceptors (Lipinski definition) is 2. The predicted molar refractivity (Wildman–Crippen MR) is 54.4 cm³/mol. The van der Waals surface area contributed by atoms with Gasteiger partial charge in [-0.1, -0.05) is 0 Å². The molecule has 0 spiro atoms. The topological polar surface area (TPSA) is 26.3 Å². The molecule has 2 nitrogen and oxygen atoms in total. The molecule has 0 amide bonds. The van der Waals surface area contributed by atoms with Crippen molar-refractivity contribution in [1.29, 1.82) is 0 Å². The SMILES string of the molecule is CC(C)(C)C(=O)OC[As]1C=CC=C1. The van der Waals surface area contributed by atoms with Crippen LogP contribution in [0.1, 0.15) is 20.8 Å². The van der Waals surface area contributed by atoms with Gasteiger partial charge in [-0.25, -0.2) is 0 Å². The minimum atomic E-state index is -1.08. The van der Waals surface area contributed by atoms with Crippen LogP contribution in [0.25, 0.3) is 0 Å². The summed E-state index contributed by atoms with van der Waals surface area (Å²) in [6.45, 7) is 5.62. The van der Waals surface area contributed by atoms with E-state index in [0.29, 0.717) is 5.39 Å². The first-order valence-electron chi connectivity index (χ1n) is 4.28. The first kappa shape index (κ1) is 10.6. The van der Waals surface area contributed by atoms with Crippen molar-refractivity contribution in [2.24, 2.45) is 5.41 Å². The van der Waals surface area contributed by atoms with Gasteiger partial charge in [0.15, 0.2) is 0 Å². The number of carbonyl (C=O) groups excluding carboxylic acids is 1. The molecule has 1 aliphatic rings. The maximum atomic E-state index is 11.4. The molecule has 0 aliphatic carbocycles. The molecule has 0 saturated heterocycles. The standard InChI is InChI=1S/C10H15AsO2/c1-10(2,3)9(12)13-8-11-6-4-5-7-11/h4-7H,8H2,1-3H3. The molecule has 0 aromatic carbocycles. The van der Waals surface area contributed by atoms with Crippen molar-refractivity contribution in [3.63, 3.8) is 0 Å². The van der Waals surface area contributed by atoms with Crippen LogP contribution in [0.4, 0.5) is 0 Å². The van der Waals surface area contributed by atoms with Gasteiger partial charge in [-0.15, -0.1) is 0 Å². The van der Waals surface area contributed by atoms with Gasteiger partial charge in [-0.3, -0.25) is 0 Å². The van der Waals surface area contributed by atoms with Gasteiger partial charge in [0, 0.05) is 0 Å². The average Bonchev–Trinajstić information content (AvgIpc) is 2.50. The van der Waals surface area contributed by atoms with E-state index in [1.807, 2.05) is 32.9 Å². The second-order valence-electron chi connectivity index (χ2n) is 4.01. The van der Waals surface area contributed by atoms with Crippen LogP contribution in [0, 0.1) is 5.41 Å². The number of carbonyl (C=O) groups is 1. The van der Waals surface area contributed by atoms with Gasteiger partial charge in [0.05, 0.1) is 0 Å². The molecule has 0 aromatic heterocycles. The molecule has 0 aromatic rings. The summed E-state index contributed by atoms with van der Waals surface area (Å²) in [4.78, 5) is 15.7. The first-order valence-corrected chi connectivity index (χ1v) is 7.77. The van der Waals surface area contributed by atoms with Crippen molar-refractivity contribution in [1.82, 2.24) is 0 Å². The summed E-state index contributed by atoms with van der Waals surface area (Å²) in [6.07, 6.45) is 4.07. The molecule has 0 radical (unpaired) electrons. The Bertz CT molecular complexity index is 236. The summed E-state index contributed by atoms with van der Waals surface area (Å²) < 4.78 is 5.21. The van der Waals surface area contributed by atoms with Gasteiger partial charge in [0.25, 0.3) is 0 Å². The van der Waals surface area contributed by atoms with Crippen molar-refractivity contribution < 1.29 is 9.53 Å². The second-order valence-corrected chi connectivity index (χ2v) is 7.96. The van der Waals surface area contributed by atoms with Crippen molar-refractivity contribution in [2.45, 2.75) is 20.8 Å². The van der Waals surface area contributed by atoms with Crippen molar-refractivity contribution >= 4 is 20.6 Å². The van der Waals surface area contributed by atoms with Crippen LogP contribution in [0.2, 0.25) is 0 Å². The van der Waals surface area contributed by atoms with E-state index < -0.39 is 14.7 Å². The van der Waals surface area contributed by atoms with Gasteiger partial charge < -0.3 is 0 Å². The first-order chi connectivity index (χ1) is 6.00. The molecule has 13 heavy (non-hydrogen) atoms. The van der Waals surface area contributed by atoms with E-state index in [1.54, 1.807) is 0 Å². The molecule has 0 N–H and O–H groups in total. The van der Waals surface area contributed by atoms with Crippen LogP contribution in [-0.2, 0) is 9.53 Å². The molecule has 1 heterocycles. The van der Waals surface area contributed by atoms with Crippen molar-refractivity contribution in [2.75, 3.05) is 5.39 Å². The molecule has 0 unspecified atom stereocenters. The van der Waals surface area contributed by atoms with Crippen LogP contribution in [-0.4, -0.2) is 26.0 Å². The van der Waals surface area contributed by atoms with Crippen LogP contribution in [0.15, 0.2) is 21.9 Å². The third-order valence-electron chi connectivity index (χ3n) is 1.62.